The van der Waals surface area contributed by atoms with Gasteiger partial charge >= 0.3 is 0 Å². The van der Waals surface area contributed by atoms with Gasteiger partial charge in [-0.15, -0.1) is 11.3 Å². The lowest BCUT2D eigenvalue weighted by atomic mass is 10.1. The summed E-state index contributed by atoms with van der Waals surface area (Å²) in [5.41, 5.74) is 1.31. The van der Waals surface area contributed by atoms with E-state index in [0.717, 1.165) is 32.0 Å². The molecule has 2 aliphatic rings. The van der Waals surface area contributed by atoms with E-state index in [9.17, 15) is 0 Å². The standard InChI is InChI=1S/C16H28N4S/c1-4-14-15(10-17-12-5-6-12)21-16(18-14)9-13-11-19(2)7-8-20(13)3/h12-13,17H,4-11H2,1-3H3. The van der Waals surface area contributed by atoms with Gasteiger partial charge in [-0.1, -0.05) is 6.92 Å². The minimum atomic E-state index is 0.615. The van der Waals surface area contributed by atoms with E-state index in [-0.39, 0.29) is 0 Å². The summed E-state index contributed by atoms with van der Waals surface area (Å²) in [7, 11) is 4.48. The molecule has 0 amide bonds. The Bertz CT molecular complexity index is 469. The summed E-state index contributed by atoms with van der Waals surface area (Å²) in [6, 6.07) is 1.39. The Morgan fingerprint density at radius 1 is 1.29 bits per heavy atom. The molecule has 2 heterocycles. The van der Waals surface area contributed by atoms with Crippen LogP contribution in [0.15, 0.2) is 0 Å². The summed E-state index contributed by atoms with van der Waals surface area (Å²) in [6.07, 6.45) is 4.86. The molecule has 0 bridgehead atoms. The normalized spacial score (nSPS) is 24.6. The molecule has 0 spiro atoms. The summed E-state index contributed by atoms with van der Waals surface area (Å²) in [5, 5.41) is 4.96. The molecule has 1 saturated heterocycles. The van der Waals surface area contributed by atoms with Gasteiger partial charge in [0.2, 0.25) is 0 Å². The molecule has 1 aromatic rings. The van der Waals surface area contributed by atoms with Crippen LogP contribution in [0.4, 0.5) is 0 Å². The third-order valence-electron chi connectivity index (χ3n) is 4.68. The second-order valence-corrected chi connectivity index (χ2v) is 7.76. The summed E-state index contributed by atoms with van der Waals surface area (Å²) >= 11 is 1.93. The van der Waals surface area contributed by atoms with Crippen LogP contribution >= 0.6 is 11.3 Å². The average Bonchev–Trinajstić information content (AvgIpc) is 3.21. The maximum Gasteiger partial charge on any atom is 0.0947 e. The molecular weight excluding hydrogens is 280 g/mol. The Morgan fingerprint density at radius 3 is 2.81 bits per heavy atom. The molecule has 5 heteroatoms. The molecule has 1 N–H and O–H groups in total. The van der Waals surface area contributed by atoms with Crippen molar-refractivity contribution >= 4 is 11.3 Å². The van der Waals surface area contributed by atoms with Crippen LogP contribution in [0, 0.1) is 0 Å². The first-order chi connectivity index (χ1) is 10.2. The summed E-state index contributed by atoms with van der Waals surface area (Å²) in [6.45, 7) is 6.75. The zero-order chi connectivity index (χ0) is 14.8. The second kappa shape index (κ2) is 6.73. The Morgan fingerprint density at radius 2 is 2.10 bits per heavy atom. The summed E-state index contributed by atoms with van der Waals surface area (Å²) in [4.78, 5) is 11.3. The van der Waals surface area contributed by atoms with Crippen molar-refractivity contribution in [1.82, 2.24) is 20.1 Å². The van der Waals surface area contributed by atoms with Crippen LogP contribution in [-0.4, -0.2) is 60.6 Å². The number of aromatic nitrogens is 1. The molecule has 21 heavy (non-hydrogen) atoms. The van der Waals surface area contributed by atoms with Crippen LogP contribution in [0.5, 0.6) is 0 Å². The van der Waals surface area contributed by atoms with Gasteiger partial charge in [0.15, 0.2) is 0 Å². The fourth-order valence-corrected chi connectivity index (χ4v) is 4.17. The average molecular weight is 308 g/mol. The SMILES string of the molecule is CCc1nc(CC2CN(C)CCN2C)sc1CNC1CC1. The third kappa shape index (κ3) is 4.03. The van der Waals surface area contributed by atoms with Gasteiger partial charge in [-0.2, -0.15) is 0 Å². The number of hydrogen-bond donors (Lipinski definition) is 1. The molecule has 3 rings (SSSR count). The van der Waals surface area contributed by atoms with Gasteiger partial charge in [-0.05, 0) is 33.4 Å². The molecule has 0 aromatic carbocycles. The van der Waals surface area contributed by atoms with E-state index < -0.39 is 0 Å². The number of likely N-dealkylation sites (N-methyl/N-ethyl adjacent to an activating group) is 2. The van der Waals surface area contributed by atoms with Crippen molar-refractivity contribution in [3.63, 3.8) is 0 Å². The molecule has 2 fully saturated rings. The lowest BCUT2D eigenvalue weighted by Gasteiger charge is -2.37. The topological polar surface area (TPSA) is 31.4 Å². The Balaban J connectivity index is 1.63. The van der Waals surface area contributed by atoms with E-state index in [1.807, 2.05) is 11.3 Å². The molecule has 1 saturated carbocycles. The first kappa shape index (κ1) is 15.4. The number of rotatable bonds is 6. The maximum atomic E-state index is 4.91. The van der Waals surface area contributed by atoms with Crippen LogP contribution in [0.25, 0.3) is 0 Å². The van der Waals surface area contributed by atoms with Gasteiger partial charge < -0.3 is 15.1 Å². The molecule has 0 radical (unpaired) electrons. The van der Waals surface area contributed by atoms with Crippen LogP contribution < -0.4 is 5.32 Å². The molecule has 4 nitrogen and oxygen atoms in total. The first-order valence-electron chi connectivity index (χ1n) is 8.25. The third-order valence-corrected chi connectivity index (χ3v) is 5.80. The van der Waals surface area contributed by atoms with E-state index in [2.05, 4.69) is 36.1 Å². The van der Waals surface area contributed by atoms with Crippen molar-refractivity contribution < 1.29 is 0 Å². The number of hydrogen-bond acceptors (Lipinski definition) is 5. The predicted molar refractivity (Wildman–Crippen MR) is 89.0 cm³/mol. The largest absolute Gasteiger partial charge is 0.309 e. The molecule has 1 atom stereocenters. The predicted octanol–water partition coefficient (Wildman–Crippen LogP) is 1.75. The molecule has 1 aliphatic heterocycles. The highest BCUT2D eigenvalue weighted by Gasteiger charge is 2.25. The second-order valence-electron chi connectivity index (χ2n) is 6.59. The summed E-state index contributed by atoms with van der Waals surface area (Å²) < 4.78 is 0. The van der Waals surface area contributed by atoms with Crippen LogP contribution in [0.3, 0.4) is 0 Å². The van der Waals surface area contributed by atoms with Crippen molar-refractivity contribution in [3.8, 4) is 0 Å². The molecule has 1 aromatic heterocycles. The Labute approximate surface area is 132 Å². The number of aryl methyl sites for hydroxylation is 1. The fourth-order valence-electron chi connectivity index (χ4n) is 2.99. The number of thiazole rings is 1. The van der Waals surface area contributed by atoms with E-state index in [1.165, 1.54) is 41.5 Å². The molecule has 118 valence electrons. The van der Waals surface area contributed by atoms with Gasteiger partial charge in [-0.3, -0.25) is 0 Å². The lowest BCUT2D eigenvalue weighted by Crippen LogP contribution is -2.50. The van der Waals surface area contributed by atoms with Crippen molar-refractivity contribution in [1.29, 1.82) is 0 Å². The van der Waals surface area contributed by atoms with Crippen molar-refractivity contribution in [3.05, 3.63) is 15.6 Å². The van der Waals surface area contributed by atoms with E-state index in [1.54, 1.807) is 0 Å². The Hall–Kier alpha value is -0.490. The molecule has 1 unspecified atom stereocenters. The molecule has 1 aliphatic carbocycles. The quantitative estimate of drug-likeness (QED) is 0.867. The number of nitrogens with zero attached hydrogens (tertiary/aromatic N) is 3. The minimum Gasteiger partial charge on any atom is -0.309 e. The number of piperazine rings is 1. The van der Waals surface area contributed by atoms with Crippen molar-refractivity contribution in [2.24, 2.45) is 0 Å². The van der Waals surface area contributed by atoms with Crippen molar-refractivity contribution in [2.45, 2.75) is 51.2 Å². The minimum absolute atomic E-state index is 0.615. The Kier molecular flexibility index (Phi) is 4.94. The molecular formula is C16H28N4S. The van der Waals surface area contributed by atoms with Gasteiger partial charge in [0.1, 0.15) is 0 Å². The highest BCUT2D eigenvalue weighted by molar-refractivity contribution is 7.11. The van der Waals surface area contributed by atoms with Crippen LogP contribution in [0.1, 0.15) is 35.3 Å². The highest BCUT2D eigenvalue weighted by atomic mass is 32.1. The highest BCUT2D eigenvalue weighted by Crippen LogP contribution is 2.25. The lowest BCUT2D eigenvalue weighted by molar-refractivity contribution is 0.114. The van der Waals surface area contributed by atoms with E-state index >= 15 is 0 Å². The van der Waals surface area contributed by atoms with Crippen LogP contribution in [-0.2, 0) is 19.4 Å². The first-order valence-corrected chi connectivity index (χ1v) is 9.07. The zero-order valence-electron chi connectivity index (χ0n) is 13.6. The summed E-state index contributed by atoms with van der Waals surface area (Å²) in [5.74, 6) is 0. The van der Waals surface area contributed by atoms with Gasteiger partial charge in [-0.25, -0.2) is 4.98 Å². The van der Waals surface area contributed by atoms with Gasteiger partial charge in [0, 0.05) is 49.6 Å². The smallest absolute Gasteiger partial charge is 0.0947 e. The number of nitrogens with one attached hydrogen (secondary N) is 1. The van der Waals surface area contributed by atoms with E-state index in [0.29, 0.717) is 6.04 Å². The van der Waals surface area contributed by atoms with E-state index in [4.69, 9.17) is 4.98 Å². The monoisotopic (exact) mass is 308 g/mol. The van der Waals surface area contributed by atoms with Crippen LogP contribution in [0.2, 0.25) is 0 Å². The maximum absolute atomic E-state index is 4.91. The zero-order valence-corrected chi connectivity index (χ0v) is 14.4. The van der Waals surface area contributed by atoms with Crippen molar-refractivity contribution in [2.75, 3.05) is 33.7 Å². The fraction of sp³-hybridized carbons (Fsp3) is 0.812. The van der Waals surface area contributed by atoms with Gasteiger partial charge in [0.25, 0.3) is 0 Å². The van der Waals surface area contributed by atoms with Gasteiger partial charge in [0.05, 0.1) is 10.7 Å².